The molecule has 0 aliphatic heterocycles. The molecule has 88 valence electrons. The molecule has 1 aromatic rings. The molecule has 0 bridgehead atoms. The summed E-state index contributed by atoms with van der Waals surface area (Å²) in [6.07, 6.45) is 6.76. The monoisotopic (exact) mass is 217 g/mol. The van der Waals surface area contributed by atoms with Crippen LogP contribution in [-0.2, 0) is 6.42 Å². The zero-order chi connectivity index (χ0) is 11.4. The molecule has 16 heavy (non-hydrogen) atoms. The molecule has 0 amide bonds. The van der Waals surface area contributed by atoms with Crippen LogP contribution in [0.5, 0.6) is 0 Å². The molecule has 1 fully saturated rings. The largest absolute Gasteiger partial charge is 0.314 e. The topological polar surface area (TPSA) is 12.0 Å². The number of hydrogen-bond acceptors (Lipinski definition) is 1. The molecule has 1 saturated carbocycles. The second kappa shape index (κ2) is 5.49. The molecule has 1 heteroatoms. The maximum atomic E-state index is 3.66. The summed E-state index contributed by atoms with van der Waals surface area (Å²) in [6, 6.07) is 7.62. The van der Waals surface area contributed by atoms with Crippen molar-refractivity contribution < 1.29 is 0 Å². The van der Waals surface area contributed by atoms with Crippen molar-refractivity contribution in [3.63, 3.8) is 0 Å². The lowest BCUT2D eigenvalue weighted by atomic mass is 10.0. The SMILES string of the molecule is Cc1ccc(CCNC2CCCC2)cc1C. The van der Waals surface area contributed by atoms with Crippen LogP contribution in [-0.4, -0.2) is 12.6 Å². The van der Waals surface area contributed by atoms with Gasteiger partial charge in [-0.05, 0) is 56.3 Å². The van der Waals surface area contributed by atoms with Crippen LogP contribution < -0.4 is 5.32 Å². The Morgan fingerprint density at radius 2 is 1.88 bits per heavy atom. The molecule has 0 saturated heterocycles. The smallest absolute Gasteiger partial charge is 0.00671 e. The third kappa shape index (κ3) is 3.08. The molecule has 0 spiro atoms. The summed E-state index contributed by atoms with van der Waals surface area (Å²) in [7, 11) is 0. The summed E-state index contributed by atoms with van der Waals surface area (Å²) in [5.74, 6) is 0. The van der Waals surface area contributed by atoms with Crippen LogP contribution in [0.2, 0.25) is 0 Å². The molecule has 1 aliphatic rings. The van der Waals surface area contributed by atoms with E-state index in [2.05, 4.69) is 37.4 Å². The van der Waals surface area contributed by atoms with E-state index in [1.807, 2.05) is 0 Å². The lowest BCUT2D eigenvalue weighted by molar-refractivity contribution is 0.528. The summed E-state index contributed by atoms with van der Waals surface area (Å²) in [5, 5.41) is 3.66. The van der Waals surface area contributed by atoms with Gasteiger partial charge in [0.1, 0.15) is 0 Å². The fourth-order valence-electron chi connectivity index (χ4n) is 2.51. The van der Waals surface area contributed by atoms with Crippen LogP contribution in [0.4, 0.5) is 0 Å². The molecule has 0 atom stereocenters. The van der Waals surface area contributed by atoms with E-state index in [9.17, 15) is 0 Å². The summed E-state index contributed by atoms with van der Waals surface area (Å²) in [6.45, 7) is 5.51. The predicted octanol–water partition coefficient (Wildman–Crippen LogP) is 3.38. The van der Waals surface area contributed by atoms with Crippen molar-refractivity contribution in [3.8, 4) is 0 Å². The minimum absolute atomic E-state index is 0.798. The van der Waals surface area contributed by atoms with Gasteiger partial charge in [-0.15, -0.1) is 0 Å². The summed E-state index contributed by atoms with van der Waals surface area (Å²) in [5.41, 5.74) is 4.28. The van der Waals surface area contributed by atoms with Crippen LogP contribution in [0, 0.1) is 13.8 Å². The van der Waals surface area contributed by atoms with Gasteiger partial charge in [0.2, 0.25) is 0 Å². The Hall–Kier alpha value is -0.820. The van der Waals surface area contributed by atoms with E-state index in [-0.39, 0.29) is 0 Å². The average Bonchev–Trinajstić information content (AvgIpc) is 2.76. The normalized spacial score (nSPS) is 16.9. The summed E-state index contributed by atoms with van der Waals surface area (Å²) >= 11 is 0. The Morgan fingerprint density at radius 3 is 2.56 bits per heavy atom. The van der Waals surface area contributed by atoms with Gasteiger partial charge in [-0.25, -0.2) is 0 Å². The lowest BCUT2D eigenvalue weighted by Crippen LogP contribution is -2.27. The first-order chi connectivity index (χ1) is 7.75. The van der Waals surface area contributed by atoms with Crippen molar-refractivity contribution in [2.75, 3.05) is 6.54 Å². The molecule has 2 rings (SSSR count). The van der Waals surface area contributed by atoms with Crippen molar-refractivity contribution in [1.82, 2.24) is 5.32 Å². The first-order valence-corrected chi connectivity index (χ1v) is 6.55. The van der Waals surface area contributed by atoms with E-state index in [0.29, 0.717) is 0 Å². The van der Waals surface area contributed by atoms with Crippen LogP contribution >= 0.6 is 0 Å². The van der Waals surface area contributed by atoms with E-state index in [1.165, 1.54) is 42.4 Å². The molecule has 1 aliphatic carbocycles. The van der Waals surface area contributed by atoms with Crippen LogP contribution in [0.3, 0.4) is 0 Å². The predicted molar refractivity (Wildman–Crippen MR) is 69.9 cm³/mol. The van der Waals surface area contributed by atoms with Crippen LogP contribution in [0.15, 0.2) is 18.2 Å². The Morgan fingerprint density at radius 1 is 1.12 bits per heavy atom. The van der Waals surface area contributed by atoms with Gasteiger partial charge in [-0.3, -0.25) is 0 Å². The zero-order valence-corrected chi connectivity index (χ0v) is 10.6. The second-order valence-electron chi connectivity index (χ2n) is 5.10. The first kappa shape index (κ1) is 11.7. The fourth-order valence-corrected chi connectivity index (χ4v) is 2.51. The number of hydrogen-bond donors (Lipinski definition) is 1. The van der Waals surface area contributed by atoms with Gasteiger partial charge in [0.25, 0.3) is 0 Å². The van der Waals surface area contributed by atoms with Gasteiger partial charge >= 0.3 is 0 Å². The third-order valence-corrected chi connectivity index (χ3v) is 3.77. The van der Waals surface area contributed by atoms with Crippen molar-refractivity contribution in [1.29, 1.82) is 0 Å². The van der Waals surface area contributed by atoms with Gasteiger partial charge in [-0.1, -0.05) is 31.0 Å². The highest BCUT2D eigenvalue weighted by Crippen LogP contribution is 2.17. The molecule has 1 N–H and O–H groups in total. The lowest BCUT2D eigenvalue weighted by Gasteiger charge is -2.12. The summed E-state index contributed by atoms with van der Waals surface area (Å²) < 4.78 is 0. The minimum atomic E-state index is 0.798. The van der Waals surface area contributed by atoms with Crippen LogP contribution in [0.1, 0.15) is 42.4 Å². The molecular formula is C15H23N. The number of rotatable bonds is 4. The molecule has 0 heterocycles. The van der Waals surface area contributed by atoms with Gasteiger partial charge in [-0.2, -0.15) is 0 Å². The molecule has 1 aromatic carbocycles. The highest BCUT2D eigenvalue weighted by Gasteiger charge is 2.13. The highest BCUT2D eigenvalue weighted by molar-refractivity contribution is 5.30. The van der Waals surface area contributed by atoms with Crippen molar-refractivity contribution in [3.05, 3.63) is 34.9 Å². The number of benzene rings is 1. The molecule has 0 unspecified atom stereocenters. The molecular weight excluding hydrogens is 194 g/mol. The van der Waals surface area contributed by atoms with E-state index in [1.54, 1.807) is 0 Å². The second-order valence-corrected chi connectivity index (χ2v) is 5.10. The number of aryl methyl sites for hydroxylation is 2. The Balaban J connectivity index is 1.78. The van der Waals surface area contributed by atoms with E-state index >= 15 is 0 Å². The minimum Gasteiger partial charge on any atom is -0.314 e. The fraction of sp³-hybridized carbons (Fsp3) is 0.600. The Kier molecular flexibility index (Phi) is 4.00. The Labute approximate surface area is 99.3 Å². The van der Waals surface area contributed by atoms with Gasteiger partial charge < -0.3 is 5.32 Å². The standard InChI is InChI=1S/C15H23N/c1-12-7-8-14(11-13(12)2)9-10-16-15-5-3-4-6-15/h7-8,11,15-16H,3-6,9-10H2,1-2H3. The van der Waals surface area contributed by atoms with Crippen molar-refractivity contribution in [2.45, 2.75) is 52.0 Å². The molecule has 0 aromatic heterocycles. The molecule has 1 nitrogen and oxygen atoms in total. The summed E-state index contributed by atoms with van der Waals surface area (Å²) in [4.78, 5) is 0. The van der Waals surface area contributed by atoms with Gasteiger partial charge in [0, 0.05) is 6.04 Å². The van der Waals surface area contributed by atoms with Crippen molar-refractivity contribution >= 4 is 0 Å². The Bertz CT molecular complexity index is 337. The van der Waals surface area contributed by atoms with Gasteiger partial charge in [0.05, 0.1) is 0 Å². The zero-order valence-electron chi connectivity index (χ0n) is 10.6. The first-order valence-electron chi connectivity index (χ1n) is 6.55. The van der Waals surface area contributed by atoms with E-state index in [4.69, 9.17) is 0 Å². The molecule has 0 radical (unpaired) electrons. The van der Waals surface area contributed by atoms with Crippen LogP contribution in [0.25, 0.3) is 0 Å². The van der Waals surface area contributed by atoms with Gasteiger partial charge in [0.15, 0.2) is 0 Å². The average molecular weight is 217 g/mol. The van der Waals surface area contributed by atoms with Crippen molar-refractivity contribution in [2.24, 2.45) is 0 Å². The van der Waals surface area contributed by atoms with E-state index in [0.717, 1.165) is 19.0 Å². The quantitative estimate of drug-likeness (QED) is 0.815. The van der Waals surface area contributed by atoms with E-state index < -0.39 is 0 Å². The third-order valence-electron chi connectivity index (χ3n) is 3.77. The number of nitrogens with one attached hydrogen (secondary N) is 1. The maximum absolute atomic E-state index is 3.66. The maximum Gasteiger partial charge on any atom is 0.00671 e. The highest BCUT2D eigenvalue weighted by atomic mass is 14.9.